The lowest BCUT2D eigenvalue weighted by Crippen LogP contribution is -2.46. The lowest BCUT2D eigenvalue weighted by Gasteiger charge is -2.35. The monoisotopic (exact) mass is 289 g/mol. The molecule has 3 heterocycles. The summed E-state index contributed by atoms with van der Waals surface area (Å²) >= 11 is 0. The Morgan fingerprint density at radius 1 is 1.24 bits per heavy atom. The van der Waals surface area contributed by atoms with Gasteiger partial charge in [0, 0.05) is 44.4 Å². The van der Waals surface area contributed by atoms with Crippen molar-refractivity contribution in [2.75, 3.05) is 38.2 Å². The number of aromatic nitrogens is 3. The van der Waals surface area contributed by atoms with Crippen LogP contribution in [-0.4, -0.2) is 53.3 Å². The third-order valence-corrected chi connectivity index (χ3v) is 3.78. The Morgan fingerprint density at radius 2 is 2.05 bits per heavy atom. The summed E-state index contributed by atoms with van der Waals surface area (Å²) in [7, 11) is 1.62. The number of methoxy groups -OCH3 is 1. The molecular formula is C14H19N5O2. The van der Waals surface area contributed by atoms with E-state index in [-0.39, 0.29) is 0 Å². The number of ether oxygens (including phenoxy) is 1. The molecule has 1 aliphatic heterocycles. The maximum atomic E-state index is 5.14. The van der Waals surface area contributed by atoms with E-state index in [4.69, 9.17) is 9.26 Å². The van der Waals surface area contributed by atoms with Crippen LogP contribution in [0.15, 0.2) is 23.1 Å². The van der Waals surface area contributed by atoms with Crippen LogP contribution in [0.3, 0.4) is 0 Å². The Kier molecular flexibility index (Phi) is 4.01. The molecular weight excluding hydrogens is 270 g/mol. The van der Waals surface area contributed by atoms with Crippen LogP contribution in [0.25, 0.3) is 0 Å². The molecule has 2 aromatic rings. The van der Waals surface area contributed by atoms with Gasteiger partial charge in [0.2, 0.25) is 5.88 Å². The van der Waals surface area contributed by atoms with E-state index in [0.29, 0.717) is 5.88 Å². The lowest BCUT2D eigenvalue weighted by atomic mass is 10.2. The highest BCUT2D eigenvalue weighted by Crippen LogP contribution is 2.18. The molecule has 0 spiro atoms. The van der Waals surface area contributed by atoms with Crippen LogP contribution in [0.5, 0.6) is 5.88 Å². The smallest absolute Gasteiger partial charge is 0.218 e. The van der Waals surface area contributed by atoms with Crippen molar-refractivity contribution < 1.29 is 9.26 Å². The molecule has 0 atom stereocenters. The van der Waals surface area contributed by atoms with Crippen LogP contribution in [-0.2, 0) is 6.54 Å². The molecule has 0 saturated carbocycles. The van der Waals surface area contributed by atoms with Gasteiger partial charge in [-0.05, 0) is 6.92 Å². The third kappa shape index (κ3) is 3.13. The van der Waals surface area contributed by atoms with Crippen LogP contribution in [0.1, 0.15) is 11.3 Å². The summed E-state index contributed by atoms with van der Waals surface area (Å²) in [6.07, 6.45) is 3.35. The maximum Gasteiger partial charge on any atom is 0.218 e. The van der Waals surface area contributed by atoms with E-state index < -0.39 is 0 Å². The molecule has 1 aliphatic rings. The zero-order valence-corrected chi connectivity index (χ0v) is 12.3. The number of rotatable bonds is 4. The molecule has 7 heteroatoms. The maximum absolute atomic E-state index is 5.14. The van der Waals surface area contributed by atoms with Gasteiger partial charge in [-0.15, -0.1) is 0 Å². The van der Waals surface area contributed by atoms with E-state index in [2.05, 4.69) is 24.9 Å². The van der Waals surface area contributed by atoms with E-state index in [1.54, 1.807) is 19.6 Å². The first-order valence-corrected chi connectivity index (χ1v) is 7.00. The summed E-state index contributed by atoms with van der Waals surface area (Å²) in [5, 5.41) is 3.83. The van der Waals surface area contributed by atoms with Crippen molar-refractivity contribution in [3.8, 4) is 5.88 Å². The molecule has 0 bridgehead atoms. The van der Waals surface area contributed by atoms with Crippen LogP contribution in [0.4, 0.5) is 5.82 Å². The summed E-state index contributed by atoms with van der Waals surface area (Å²) in [6, 6.07) is 1.87. The minimum atomic E-state index is 0.600. The third-order valence-electron chi connectivity index (χ3n) is 3.78. The zero-order valence-electron chi connectivity index (χ0n) is 12.3. The molecule has 1 fully saturated rings. The first-order chi connectivity index (χ1) is 10.3. The van der Waals surface area contributed by atoms with E-state index in [1.165, 1.54) is 0 Å². The van der Waals surface area contributed by atoms with Crippen molar-refractivity contribution in [1.82, 2.24) is 20.0 Å². The van der Waals surface area contributed by atoms with Crippen molar-refractivity contribution in [2.24, 2.45) is 0 Å². The molecule has 0 amide bonds. The highest BCUT2D eigenvalue weighted by Gasteiger charge is 2.19. The van der Waals surface area contributed by atoms with Gasteiger partial charge in [0.15, 0.2) is 0 Å². The molecule has 7 nitrogen and oxygen atoms in total. The molecule has 1 saturated heterocycles. The van der Waals surface area contributed by atoms with Crippen LogP contribution in [0.2, 0.25) is 0 Å². The van der Waals surface area contributed by atoms with Gasteiger partial charge in [-0.3, -0.25) is 4.90 Å². The molecule has 0 N–H and O–H groups in total. The number of hydrogen-bond acceptors (Lipinski definition) is 7. The van der Waals surface area contributed by atoms with Crippen molar-refractivity contribution >= 4 is 5.82 Å². The summed E-state index contributed by atoms with van der Waals surface area (Å²) in [4.78, 5) is 13.0. The fraction of sp³-hybridized carbons (Fsp3) is 0.500. The van der Waals surface area contributed by atoms with Crippen LogP contribution >= 0.6 is 0 Å². The van der Waals surface area contributed by atoms with Crippen LogP contribution < -0.4 is 9.64 Å². The van der Waals surface area contributed by atoms with Crippen molar-refractivity contribution in [3.63, 3.8) is 0 Å². The average Bonchev–Trinajstić information content (AvgIpc) is 2.93. The SMILES string of the molecule is COc1cc(N2CCN(Cc3cnoc3C)CC2)ncn1. The number of piperazine rings is 1. The van der Waals surface area contributed by atoms with Gasteiger partial charge < -0.3 is 14.2 Å². The minimum Gasteiger partial charge on any atom is -0.481 e. The molecule has 0 radical (unpaired) electrons. The predicted octanol–water partition coefficient (Wildman–Crippen LogP) is 1.10. The van der Waals surface area contributed by atoms with Crippen LogP contribution in [0, 0.1) is 6.92 Å². The quantitative estimate of drug-likeness (QED) is 0.835. The summed E-state index contributed by atoms with van der Waals surface area (Å²) in [5.41, 5.74) is 1.16. The lowest BCUT2D eigenvalue weighted by molar-refractivity contribution is 0.247. The second-order valence-electron chi connectivity index (χ2n) is 5.09. The van der Waals surface area contributed by atoms with Crippen molar-refractivity contribution in [3.05, 3.63) is 29.9 Å². The van der Waals surface area contributed by atoms with Crippen molar-refractivity contribution in [1.29, 1.82) is 0 Å². The van der Waals surface area contributed by atoms with Gasteiger partial charge in [-0.25, -0.2) is 9.97 Å². The van der Waals surface area contributed by atoms with Gasteiger partial charge in [0.25, 0.3) is 0 Å². The average molecular weight is 289 g/mol. The van der Waals surface area contributed by atoms with Gasteiger partial charge in [-0.2, -0.15) is 0 Å². The molecule has 2 aromatic heterocycles. The Balaban J connectivity index is 1.58. The summed E-state index contributed by atoms with van der Waals surface area (Å²) in [5.74, 6) is 2.42. The molecule has 0 unspecified atom stereocenters. The summed E-state index contributed by atoms with van der Waals surface area (Å²) in [6.45, 7) is 6.67. The second kappa shape index (κ2) is 6.09. The fourth-order valence-corrected chi connectivity index (χ4v) is 2.46. The fourth-order valence-electron chi connectivity index (χ4n) is 2.46. The zero-order chi connectivity index (χ0) is 14.7. The Morgan fingerprint density at radius 3 is 2.71 bits per heavy atom. The van der Waals surface area contributed by atoms with Gasteiger partial charge in [0.05, 0.1) is 13.3 Å². The Hall–Kier alpha value is -2.15. The summed E-state index contributed by atoms with van der Waals surface area (Å²) < 4.78 is 10.2. The first kappa shape index (κ1) is 13.8. The number of aryl methyl sites for hydroxylation is 1. The molecule has 112 valence electrons. The molecule has 3 rings (SSSR count). The number of anilines is 1. The van der Waals surface area contributed by atoms with Gasteiger partial charge in [0.1, 0.15) is 17.9 Å². The standard InChI is InChI=1S/C14H19N5O2/c1-11-12(8-17-21-11)9-18-3-5-19(6-4-18)13-7-14(20-2)16-10-15-13/h7-8,10H,3-6,9H2,1-2H3. The van der Waals surface area contributed by atoms with E-state index in [9.17, 15) is 0 Å². The van der Waals surface area contributed by atoms with E-state index >= 15 is 0 Å². The highest BCUT2D eigenvalue weighted by molar-refractivity contribution is 5.41. The van der Waals surface area contributed by atoms with Gasteiger partial charge >= 0.3 is 0 Å². The molecule has 0 aromatic carbocycles. The first-order valence-electron chi connectivity index (χ1n) is 7.00. The molecule has 0 aliphatic carbocycles. The Bertz CT molecular complexity index is 593. The predicted molar refractivity (Wildman–Crippen MR) is 77.3 cm³/mol. The van der Waals surface area contributed by atoms with E-state index in [1.807, 2.05) is 13.0 Å². The van der Waals surface area contributed by atoms with Crippen molar-refractivity contribution in [2.45, 2.75) is 13.5 Å². The Labute approximate surface area is 123 Å². The minimum absolute atomic E-state index is 0.600. The number of nitrogens with zero attached hydrogens (tertiary/aromatic N) is 5. The second-order valence-corrected chi connectivity index (χ2v) is 5.09. The number of hydrogen-bond donors (Lipinski definition) is 0. The molecule has 21 heavy (non-hydrogen) atoms. The largest absolute Gasteiger partial charge is 0.481 e. The van der Waals surface area contributed by atoms with Gasteiger partial charge in [-0.1, -0.05) is 5.16 Å². The normalized spacial score (nSPS) is 16.2. The topological polar surface area (TPSA) is 67.5 Å². The van der Waals surface area contributed by atoms with E-state index in [0.717, 1.165) is 49.9 Å². The highest BCUT2D eigenvalue weighted by atomic mass is 16.5.